The van der Waals surface area contributed by atoms with E-state index in [1.807, 2.05) is 18.0 Å². The zero-order chi connectivity index (χ0) is 21.3. The molecular formula is C26H24N4S2. The number of hydrogen-bond donors (Lipinski definition) is 0. The summed E-state index contributed by atoms with van der Waals surface area (Å²) in [4.78, 5) is 15.7. The smallest absolute Gasteiger partial charge is 0.143 e. The first-order chi connectivity index (χ1) is 15.8. The first kappa shape index (κ1) is 20.0. The third-order valence-electron chi connectivity index (χ3n) is 6.09. The average molecular weight is 457 g/mol. The first-order valence-electron chi connectivity index (χ1n) is 11.1. The molecule has 4 nitrogen and oxygen atoms in total. The lowest BCUT2D eigenvalue weighted by atomic mass is 10.1. The summed E-state index contributed by atoms with van der Waals surface area (Å²) in [6.07, 6.45) is 6.82. The molecule has 4 heterocycles. The molecule has 0 aliphatic carbocycles. The first-order valence-corrected chi connectivity index (χ1v) is 12.8. The Hall–Kier alpha value is -2.67. The Balaban J connectivity index is 1.34. The molecule has 2 aromatic heterocycles. The van der Waals surface area contributed by atoms with Crippen molar-refractivity contribution in [1.82, 2.24) is 14.9 Å². The molecule has 160 valence electrons. The molecule has 1 unspecified atom stereocenters. The molecule has 2 aliphatic heterocycles. The van der Waals surface area contributed by atoms with Gasteiger partial charge in [-0.25, -0.2) is 9.97 Å². The van der Waals surface area contributed by atoms with Crippen LogP contribution in [0.4, 0.5) is 5.69 Å². The normalized spacial score (nSPS) is 18.8. The Morgan fingerprint density at radius 3 is 2.66 bits per heavy atom. The number of nitrogens with zero attached hydrogens (tertiary/aromatic N) is 4. The molecule has 0 spiro atoms. The highest BCUT2D eigenvalue weighted by atomic mass is 32.2. The minimum absolute atomic E-state index is 0.233. The van der Waals surface area contributed by atoms with Gasteiger partial charge in [0.05, 0.1) is 5.69 Å². The van der Waals surface area contributed by atoms with Gasteiger partial charge in [-0.05, 0) is 60.7 Å². The molecule has 2 aromatic carbocycles. The van der Waals surface area contributed by atoms with Gasteiger partial charge in [-0.1, -0.05) is 53.8 Å². The Morgan fingerprint density at radius 2 is 1.78 bits per heavy atom. The molecule has 1 saturated heterocycles. The van der Waals surface area contributed by atoms with E-state index in [-0.39, 0.29) is 5.37 Å². The van der Waals surface area contributed by atoms with Crippen molar-refractivity contribution < 1.29 is 0 Å². The van der Waals surface area contributed by atoms with Crippen LogP contribution in [-0.2, 0) is 6.54 Å². The van der Waals surface area contributed by atoms with Crippen LogP contribution in [0.25, 0.3) is 20.9 Å². The van der Waals surface area contributed by atoms with Crippen molar-refractivity contribution in [2.24, 2.45) is 0 Å². The topological polar surface area (TPSA) is 32.3 Å². The monoisotopic (exact) mass is 456 g/mol. The van der Waals surface area contributed by atoms with Gasteiger partial charge in [0.15, 0.2) is 0 Å². The van der Waals surface area contributed by atoms with Gasteiger partial charge in [0, 0.05) is 24.5 Å². The number of thioether (sulfide) groups is 1. The molecular weight excluding hydrogens is 432 g/mol. The molecule has 32 heavy (non-hydrogen) atoms. The third-order valence-corrected chi connectivity index (χ3v) is 8.14. The lowest BCUT2D eigenvalue weighted by molar-refractivity contribution is 0.331. The number of likely N-dealkylation sites (tertiary alicyclic amines) is 1. The summed E-state index contributed by atoms with van der Waals surface area (Å²) in [6.45, 7) is 3.36. The number of thiazole rings is 1. The highest BCUT2D eigenvalue weighted by molar-refractivity contribution is 8.02. The maximum atomic E-state index is 5.03. The van der Waals surface area contributed by atoms with Crippen LogP contribution in [0, 0.1) is 0 Å². The largest absolute Gasteiger partial charge is 0.330 e. The van der Waals surface area contributed by atoms with Gasteiger partial charge in [0.25, 0.3) is 0 Å². The molecule has 0 saturated carbocycles. The van der Waals surface area contributed by atoms with E-state index in [9.17, 15) is 0 Å². The van der Waals surface area contributed by atoms with Gasteiger partial charge in [-0.3, -0.25) is 4.90 Å². The van der Waals surface area contributed by atoms with Crippen LogP contribution >= 0.6 is 23.1 Å². The summed E-state index contributed by atoms with van der Waals surface area (Å²) >= 11 is 3.51. The third kappa shape index (κ3) is 3.83. The molecule has 2 aliphatic rings. The summed E-state index contributed by atoms with van der Waals surface area (Å²) < 4.78 is 0. The molecule has 0 amide bonds. The minimum Gasteiger partial charge on any atom is -0.330 e. The summed E-state index contributed by atoms with van der Waals surface area (Å²) in [7, 11) is 0. The van der Waals surface area contributed by atoms with E-state index >= 15 is 0 Å². The Labute approximate surface area is 196 Å². The van der Waals surface area contributed by atoms with Crippen molar-refractivity contribution in [3.63, 3.8) is 0 Å². The van der Waals surface area contributed by atoms with Crippen LogP contribution in [0.5, 0.6) is 0 Å². The van der Waals surface area contributed by atoms with E-state index in [1.54, 1.807) is 11.3 Å². The molecule has 1 fully saturated rings. The van der Waals surface area contributed by atoms with Crippen molar-refractivity contribution in [3.8, 4) is 10.6 Å². The highest BCUT2D eigenvalue weighted by Gasteiger charge is 2.26. The summed E-state index contributed by atoms with van der Waals surface area (Å²) in [5.41, 5.74) is 5.90. The van der Waals surface area contributed by atoms with E-state index in [2.05, 4.69) is 82.1 Å². The number of anilines is 1. The van der Waals surface area contributed by atoms with Crippen LogP contribution in [0.2, 0.25) is 0 Å². The second-order valence-corrected chi connectivity index (χ2v) is 10.2. The van der Waals surface area contributed by atoms with Crippen LogP contribution in [0.3, 0.4) is 0 Å². The Kier molecular flexibility index (Phi) is 5.43. The van der Waals surface area contributed by atoms with Gasteiger partial charge in [-0.2, -0.15) is 0 Å². The quantitative estimate of drug-likeness (QED) is 0.334. The van der Waals surface area contributed by atoms with Gasteiger partial charge >= 0.3 is 0 Å². The van der Waals surface area contributed by atoms with E-state index in [1.165, 1.54) is 42.7 Å². The van der Waals surface area contributed by atoms with E-state index in [0.29, 0.717) is 0 Å². The highest BCUT2D eigenvalue weighted by Crippen LogP contribution is 2.45. The Morgan fingerprint density at radius 1 is 0.969 bits per heavy atom. The minimum atomic E-state index is 0.233. The number of hydrogen-bond acceptors (Lipinski definition) is 6. The van der Waals surface area contributed by atoms with Crippen LogP contribution in [-0.4, -0.2) is 28.0 Å². The molecule has 6 rings (SSSR count). The summed E-state index contributed by atoms with van der Waals surface area (Å²) in [5, 5.41) is 3.44. The molecule has 0 N–H and O–H groups in total. The number of benzene rings is 2. The SMILES string of the molecule is C1=CN(c2ccccc2-c2nc3cc(CN4CCCC4)cnc3s2)C(c2ccccc2)S1. The molecule has 0 radical (unpaired) electrons. The zero-order valence-electron chi connectivity index (χ0n) is 17.7. The summed E-state index contributed by atoms with van der Waals surface area (Å²) in [6, 6.07) is 21.5. The Bertz CT molecular complexity index is 1260. The van der Waals surface area contributed by atoms with Crippen LogP contribution in [0.1, 0.15) is 29.3 Å². The van der Waals surface area contributed by atoms with E-state index in [0.717, 1.165) is 27.5 Å². The van der Waals surface area contributed by atoms with Gasteiger partial charge < -0.3 is 4.90 Å². The average Bonchev–Trinajstić information content (AvgIpc) is 3.60. The van der Waals surface area contributed by atoms with Gasteiger partial charge in [0.1, 0.15) is 20.7 Å². The second kappa shape index (κ2) is 8.70. The predicted molar refractivity (Wildman–Crippen MR) is 136 cm³/mol. The standard InChI is InChI=1S/C26H24N4S2/c1-2-8-20(9-3-1)26-30(14-15-31-26)23-11-5-4-10-21(23)24-28-22-16-19(17-27-25(22)32-24)18-29-12-6-7-13-29/h1-5,8-11,14-17,26H,6-7,12-13,18H2. The number of para-hydroxylation sites is 1. The second-order valence-electron chi connectivity index (χ2n) is 8.28. The lowest BCUT2D eigenvalue weighted by Crippen LogP contribution is -2.18. The number of aromatic nitrogens is 2. The van der Waals surface area contributed by atoms with Crippen molar-refractivity contribution in [3.05, 3.63) is 89.6 Å². The molecule has 4 aromatic rings. The summed E-state index contributed by atoms with van der Waals surface area (Å²) in [5.74, 6) is 0. The molecule has 0 bridgehead atoms. The van der Waals surface area contributed by atoms with Crippen molar-refractivity contribution >= 4 is 39.1 Å². The zero-order valence-corrected chi connectivity index (χ0v) is 19.4. The fraction of sp³-hybridized carbons (Fsp3) is 0.231. The van der Waals surface area contributed by atoms with Crippen molar-refractivity contribution in [1.29, 1.82) is 0 Å². The predicted octanol–water partition coefficient (Wildman–Crippen LogP) is 6.68. The van der Waals surface area contributed by atoms with E-state index in [4.69, 9.17) is 9.97 Å². The maximum Gasteiger partial charge on any atom is 0.143 e. The van der Waals surface area contributed by atoms with E-state index < -0.39 is 0 Å². The lowest BCUT2D eigenvalue weighted by Gasteiger charge is -2.27. The molecule has 6 heteroatoms. The number of pyridine rings is 1. The van der Waals surface area contributed by atoms with Crippen LogP contribution in [0.15, 0.2) is 78.5 Å². The fourth-order valence-corrected chi connectivity index (χ4v) is 6.43. The molecule has 1 atom stereocenters. The fourth-order valence-electron chi connectivity index (χ4n) is 4.53. The number of rotatable bonds is 5. The van der Waals surface area contributed by atoms with Crippen molar-refractivity contribution in [2.75, 3.05) is 18.0 Å². The van der Waals surface area contributed by atoms with Gasteiger partial charge in [0.2, 0.25) is 0 Å². The maximum absolute atomic E-state index is 5.03. The van der Waals surface area contributed by atoms with Crippen LogP contribution < -0.4 is 4.90 Å². The number of fused-ring (bicyclic) bond motifs is 1. The van der Waals surface area contributed by atoms with Gasteiger partial charge in [-0.15, -0.1) is 11.8 Å². The van der Waals surface area contributed by atoms with Crippen molar-refractivity contribution in [2.45, 2.75) is 24.8 Å².